The van der Waals surface area contributed by atoms with Gasteiger partial charge in [-0.25, -0.2) is 13.2 Å². The molecule has 1 N–H and O–H groups in total. The number of halogens is 1. The van der Waals surface area contributed by atoms with Crippen molar-refractivity contribution in [3.05, 3.63) is 44.7 Å². The first-order valence-electron chi connectivity index (χ1n) is 8.42. The zero-order valence-corrected chi connectivity index (χ0v) is 17.8. The summed E-state index contributed by atoms with van der Waals surface area (Å²) < 4.78 is 34.1. The standard InChI is InChI=1S/C18H20BrNO4S2/c1-3-24-18(21)16-14-9-4-11(2)10-15(14)25-17(16)20-26(22,23)13-7-5-12(19)6-8-13/h5-8,11,20H,3-4,9-10H2,1-2H3/t11-/m0/s1. The summed E-state index contributed by atoms with van der Waals surface area (Å²) in [7, 11) is -3.78. The van der Waals surface area contributed by atoms with E-state index in [9.17, 15) is 13.2 Å². The monoisotopic (exact) mass is 457 g/mol. The second kappa shape index (κ2) is 7.70. The molecule has 1 aromatic heterocycles. The highest BCUT2D eigenvalue weighted by atomic mass is 79.9. The van der Waals surface area contributed by atoms with Crippen molar-refractivity contribution in [2.75, 3.05) is 11.3 Å². The Morgan fingerprint density at radius 1 is 1.35 bits per heavy atom. The predicted octanol–water partition coefficient (Wildman–Crippen LogP) is 4.61. The topological polar surface area (TPSA) is 72.5 Å². The van der Waals surface area contributed by atoms with Crippen LogP contribution in [0, 0.1) is 5.92 Å². The van der Waals surface area contributed by atoms with E-state index in [0.717, 1.165) is 34.2 Å². The van der Waals surface area contributed by atoms with Crippen molar-refractivity contribution in [3.63, 3.8) is 0 Å². The third kappa shape index (κ3) is 3.97. The molecular formula is C18H20BrNO4S2. The molecule has 1 heterocycles. The molecule has 1 atom stereocenters. The van der Waals surface area contributed by atoms with E-state index in [0.29, 0.717) is 16.5 Å². The largest absolute Gasteiger partial charge is 0.462 e. The third-order valence-corrected chi connectivity index (χ3v) is 7.54. The second-order valence-corrected chi connectivity index (χ2v) is 10.0. The molecule has 3 rings (SSSR count). The van der Waals surface area contributed by atoms with E-state index in [-0.39, 0.29) is 11.5 Å². The molecule has 0 aliphatic heterocycles. The number of carbonyl (C=O) groups is 1. The molecule has 0 amide bonds. The Balaban J connectivity index is 2.01. The lowest BCUT2D eigenvalue weighted by Gasteiger charge is -2.18. The Hall–Kier alpha value is -1.38. The van der Waals surface area contributed by atoms with E-state index < -0.39 is 16.0 Å². The molecule has 0 unspecified atom stereocenters. The molecule has 0 spiro atoms. The molecule has 2 aromatic rings. The van der Waals surface area contributed by atoms with Crippen molar-refractivity contribution in [3.8, 4) is 0 Å². The fourth-order valence-electron chi connectivity index (χ4n) is 3.04. The maximum Gasteiger partial charge on any atom is 0.341 e. The Morgan fingerprint density at radius 2 is 2.04 bits per heavy atom. The number of carbonyl (C=O) groups excluding carboxylic acids is 1. The Kier molecular flexibility index (Phi) is 5.74. The minimum absolute atomic E-state index is 0.148. The molecule has 1 aliphatic carbocycles. The maximum atomic E-state index is 12.8. The fourth-order valence-corrected chi connectivity index (χ4v) is 6.01. The Labute approximate surface area is 165 Å². The van der Waals surface area contributed by atoms with Crippen LogP contribution in [0.25, 0.3) is 0 Å². The normalized spacial score (nSPS) is 16.8. The predicted molar refractivity (Wildman–Crippen MR) is 106 cm³/mol. The van der Waals surface area contributed by atoms with Gasteiger partial charge in [0.25, 0.3) is 10.0 Å². The van der Waals surface area contributed by atoms with Gasteiger partial charge in [-0.2, -0.15) is 0 Å². The molecule has 140 valence electrons. The van der Waals surface area contributed by atoms with Gasteiger partial charge in [0.05, 0.1) is 17.1 Å². The van der Waals surface area contributed by atoms with Crippen molar-refractivity contribution < 1.29 is 17.9 Å². The van der Waals surface area contributed by atoms with Gasteiger partial charge in [0.2, 0.25) is 0 Å². The first kappa shape index (κ1) is 19.4. The molecule has 0 saturated heterocycles. The summed E-state index contributed by atoms with van der Waals surface area (Å²) in [5.74, 6) is 0.0557. The highest BCUT2D eigenvalue weighted by molar-refractivity contribution is 9.10. The lowest BCUT2D eigenvalue weighted by Crippen LogP contribution is -2.17. The maximum absolute atomic E-state index is 12.8. The number of hydrogen-bond acceptors (Lipinski definition) is 5. The Morgan fingerprint density at radius 3 is 2.69 bits per heavy atom. The summed E-state index contributed by atoms with van der Waals surface area (Å²) in [4.78, 5) is 13.7. The molecule has 8 heteroatoms. The van der Waals surface area contributed by atoms with Crippen LogP contribution in [0.4, 0.5) is 5.00 Å². The van der Waals surface area contributed by atoms with E-state index in [4.69, 9.17) is 4.74 Å². The number of nitrogens with one attached hydrogen (secondary N) is 1. The third-order valence-electron chi connectivity index (χ3n) is 4.34. The van der Waals surface area contributed by atoms with Gasteiger partial charge in [-0.15, -0.1) is 11.3 Å². The van der Waals surface area contributed by atoms with Gasteiger partial charge in [0, 0.05) is 9.35 Å². The Bertz CT molecular complexity index is 919. The number of anilines is 1. The molecule has 0 radical (unpaired) electrons. The second-order valence-electron chi connectivity index (χ2n) is 6.34. The van der Waals surface area contributed by atoms with Crippen LogP contribution in [0.3, 0.4) is 0 Å². The van der Waals surface area contributed by atoms with E-state index in [1.165, 1.54) is 23.5 Å². The zero-order chi connectivity index (χ0) is 18.9. The van der Waals surface area contributed by atoms with E-state index in [2.05, 4.69) is 27.6 Å². The van der Waals surface area contributed by atoms with Gasteiger partial charge in [0.15, 0.2) is 0 Å². The highest BCUT2D eigenvalue weighted by Gasteiger charge is 2.30. The van der Waals surface area contributed by atoms with Crippen molar-refractivity contribution in [1.29, 1.82) is 0 Å². The minimum Gasteiger partial charge on any atom is -0.462 e. The summed E-state index contributed by atoms with van der Waals surface area (Å²) in [6.45, 7) is 4.15. The van der Waals surface area contributed by atoms with Gasteiger partial charge in [-0.05, 0) is 61.9 Å². The van der Waals surface area contributed by atoms with Crippen molar-refractivity contribution >= 4 is 48.3 Å². The summed E-state index contributed by atoms with van der Waals surface area (Å²) in [5.41, 5.74) is 1.31. The van der Waals surface area contributed by atoms with Gasteiger partial charge in [-0.3, -0.25) is 4.72 Å². The average molecular weight is 458 g/mol. The molecule has 1 aliphatic rings. The molecule has 0 bridgehead atoms. The molecule has 5 nitrogen and oxygen atoms in total. The van der Waals surface area contributed by atoms with Crippen LogP contribution < -0.4 is 4.72 Å². The van der Waals surface area contributed by atoms with Crippen LogP contribution in [0.2, 0.25) is 0 Å². The number of ether oxygens (including phenoxy) is 1. The summed E-state index contributed by atoms with van der Waals surface area (Å²) in [6, 6.07) is 6.38. The van der Waals surface area contributed by atoms with Gasteiger partial charge >= 0.3 is 5.97 Å². The van der Waals surface area contributed by atoms with Crippen LogP contribution in [0.15, 0.2) is 33.6 Å². The van der Waals surface area contributed by atoms with Crippen LogP contribution >= 0.6 is 27.3 Å². The lowest BCUT2D eigenvalue weighted by atomic mass is 9.88. The molecule has 26 heavy (non-hydrogen) atoms. The number of rotatable bonds is 5. The number of thiophene rings is 1. The van der Waals surface area contributed by atoms with Gasteiger partial charge in [0.1, 0.15) is 5.00 Å². The number of hydrogen-bond donors (Lipinski definition) is 1. The number of sulfonamides is 1. The first-order chi connectivity index (χ1) is 12.3. The quantitative estimate of drug-likeness (QED) is 0.665. The number of esters is 1. The smallest absolute Gasteiger partial charge is 0.341 e. The van der Waals surface area contributed by atoms with Crippen molar-refractivity contribution in [2.24, 2.45) is 5.92 Å². The molecule has 1 aromatic carbocycles. The van der Waals surface area contributed by atoms with Crippen LogP contribution in [0.5, 0.6) is 0 Å². The number of fused-ring (bicyclic) bond motifs is 1. The first-order valence-corrected chi connectivity index (χ1v) is 11.5. The van der Waals surface area contributed by atoms with E-state index >= 15 is 0 Å². The molecular weight excluding hydrogens is 438 g/mol. The SMILES string of the molecule is CCOC(=O)c1c(NS(=O)(=O)c2ccc(Br)cc2)sc2c1CC[C@H](C)C2. The summed E-state index contributed by atoms with van der Waals surface area (Å²) in [5, 5.41) is 0.352. The van der Waals surface area contributed by atoms with E-state index in [1.807, 2.05) is 0 Å². The van der Waals surface area contributed by atoms with Crippen LogP contribution in [-0.4, -0.2) is 21.0 Å². The highest BCUT2D eigenvalue weighted by Crippen LogP contribution is 2.40. The lowest BCUT2D eigenvalue weighted by molar-refractivity contribution is 0.0526. The average Bonchev–Trinajstić information content (AvgIpc) is 2.91. The summed E-state index contributed by atoms with van der Waals surface area (Å²) >= 11 is 4.64. The van der Waals surface area contributed by atoms with Crippen LogP contribution in [0.1, 0.15) is 41.1 Å². The van der Waals surface area contributed by atoms with Gasteiger partial charge in [-0.1, -0.05) is 22.9 Å². The zero-order valence-electron chi connectivity index (χ0n) is 14.5. The van der Waals surface area contributed by atoms with E-state index in [1.54, 1.807) is 19.1 Å². The molecule has 0 fully saturated rings. The van der Waals surface area contributed by atoms with Crippen LogP contribution in [-0.2, 0) is 27.6 Å². The minimum atomic E-state index is -3.78. The van der Waals surface area contributed by atoms with Crippen molar-refractivity contribution in [2.45, 2.75) is 38.0 Å². The summed E-state index contributed by atoms with van der Waals surface area (Å²) in [6.07, 6.45) is 2.60. The van der Waals surface area contributed by atoms with Gasteiger partial charge < -0.3 is 4.74 Å². The fraction of sp³-hybridized carbons (Fsp3) is 0.389. The number of benzene rings is 1. The van der Waals surface area contributed by atoms with Crippen molar-refractivity contribution in [1.82, 2.24) is 0 Å². The molecule has 0 saturated carbocycles.